The van der Waals surface area contributed by atoms with Gasteiger partial charge in [0.1, 0.15) is 0 Å². The summed E-state index contributed by atoms with van der Waals surface area (Å²) in [5, 5.41) is 0. The minimum atomic E-state index is -0.627. The van der Waals surface area contributed by atoms with Crippen LogP contribution < -0.4 is 4.90 Å². The van der Waals surface area contributed by atoms with Crippen LogP contribution in [-0.4, -0.2) is 36.3 Å². The van der Waals surface area contributed by atoms with E-state index in [0.29, 0.717) is 31.6 Å². The smallest absolute Gasteiger partial charge is 0.253 e. The lowest BCUT2D eigenvalue weighted by atomic mass is 9.81. The van der Waals surface area contributed by atoms with Crippen LogP contribution in [0.3, 0.4) is 0 Å². The van der Waals surface area contributed by atoms with Crippen molar-refractivity contribution < 1.29 is 9.59 Å². The molecule has 1 unspecified atom stereocenters. The molecule has 0 bridgehead atoms. The maximum Gasteiger partial charge on any atom is 0.253 e. The van der Waals surface area contributed by atoms with E-state index in [1.807, 2.05) is 76.5 Å². The monoisotopic (exact) mass is 396 g/mol. The van der Waals surface area contributed by atoms with E-state index in [-0.39, 0.29) is 11.8 Å². The highest BCUT2D eigenvalue weighted by Crippen LogP contribution is 2.47. The average molecular weight is 396 g/mol. The molecule has 4 heteroatoms. The summed E-state index contributed by atoms with van der Waals surface area (Å²) < 4.78 is 0. The fourth-order valence-electron chi connectivity index (χ4n) is 4.85. The summed E-state index contributed by atoms with van der Waals surface area (Å²) in [4.78, 5) is 30.5. The number of para-hydroxylation sites is 1. The van der Waals surface area contributed by atoms with Gasteiger partial charge in [0.2, 0.25) is 5.91 Å². The van der Waals surface area contributed by atoms with Gasteiger partial charge in [0, 0.05) is 30.9 Å². The van der Waals surface area contributed by atoms with Crippen LogP contribution in [0.25, 0.3) is 0 Å². The lowest BCUT2D eigenvalue weighted by molar-refractivity contribution is -0.122. The fourth-order valence-corrected chi connectivity index (χ4v) is 4.85. The van der Waals surface area contributed by atoms with E-state index in [2.05, 4.69) is 18.2 Å². The van der Waals surface area contributed by atoms with E-state index in [1.54, 1.807) is 0 Å². The maximum atomic E-state index is 13.7. The second-order valence-electron chi connectivity index (χ2n) is 8.13. The second kappa shape index (κ2) is 7.45. The van der Waals surface area contributed by atoms with Crippen molar-refractivity contribution >= 4 is 17.5 Å². The van der Waals surface area contributed by atoms with E-state index < -0.39 is 5.41 Å². The number of amides is 2. The molecule has 1 atom stereocenters. The van der Waals surface area contributed by atoms with Crippen LogP contribution >= 0.6 is 0 Å². The van der Waals surface area contributed by atoms with E-state index in [9.17, 15) is 9.59 Å². The number of benzene rings is 3. The number of carbonyl (C=O) groups is 2. The van der Waals surface area contributed by atoms with Gasteiger partial charge in [-0.15, -0.1) is 0 Å². The number of nitrogens with zero attached hydrogens (tertiary/aromatic N) is 2. The molecule has 1 saturated heterocycles. The predicted molar refractivity (Wildman–Crippen MR) is 118 cm³/mol. The molecule has 1 spiro atoms. The summed E-state index contributed by atoms with van der Waals surface area (Å²) in [6.45, 7) is 1.69. The zero-order chi connectivity index (χ0) is 20.6. The first kappa shape index (κ1) is 18.6. The van der Waals surface area contributed by atoms with Crippen LogP contribution in [0.5, 0.6) is 0 Å². The van der Waals surface area contributed by atoms with Crippen LogP contribution in [0.2, 0.25) is 0 Å². The van der Waals surface area contributed by atoms with Gasteiger partial charge in [-0.1, -0.05) is 66.7 Å². The predicted octanol–water partition coefficient (Wildman–Crippen LogP) is 4.06. The van der Waals surface area contributed by atoms with Gasteiger partial charge < -0.3 is 9.80 Å². The molecule has 2 aliphatic rings. The Morgan fingerprint density at radius 1 is 0.867 bits per heavy atom. The third-order valence-electron chi connectivity index (χ3n) is 6.41. The Morgan fingerprint density at radius 3 is 2.30 bits per heavy atom. The summed E-state index contributed by atoms with van der Waals surface area (Å²) in [6.07, 6.45) is 1.48. The molecule has 5 rings (SSSR count). The number of likely N-dealkylation sites (tertiary alicyclic amines) is 1. The minimum Gasteiger partial charge on any atom is -0.337 e. The molecular formula is C26H24N2O2. The number of rotatable bonds is 4. The van der Waals surface area contributed by atoms with Gasteiger partial charge in [0.15, 0.2) is 0 Å². The molecule has 2 heterocycles. The van der Waals surface area contributed by atoms with Crippen LogP contribution in [0, 0.1) is 0 Å². The van der Waals surface area contributed by atoms with Crippen molar-refractivity contribution in [3.8, 4) is 0 Å². The summed E-state index contributed by atoms with van der Waals surface area (Å²) in [6, 6.07) is 27.7. The molecule has 4 nitrogen and oxygen atoms in total. The van der Waals surface area contributed by atoms with Gasteiger partial charge in [-0.05, 0) is 42.2 Å². The highest BCUT2D eigenvalue weighted by molar-refractivity contribution is 6.09. The van der Waals surface area contributed by atoms with Gasteiger partial charge >= 0.3 is 0 Å². The number of fused-ring (bicyclic) bond motifs is 2. The lowest BCUT2D eigenvalue weighted by Gasteiger charge is -2.24. The number of carbonyl (C=O) groups excluding carboxylic acids is 2. The van der Waals surface area contributed by atoms with E-state index in [1.165, 1.54) is 5.56 Å². The van der Waals surface area contributed by atoms with Crippen molar-refractivity contribution in [1.82, 2.24) is 4.90 Å². The molecule has 0 radical (unpaired) electrons. The van der Waals surface area contributed by atoms with Crippen molar-refractivity contribution in [2.24, 2.45) is 0 Å². The molecular weight excluding hydrogens is 372 g/mol. The first-order valence-corrected chi connectivity index (χ1v) is 10.5. The molecule has 1 fully saturated rings. The third kappa shape index (κ3) is 3.00. The van der Waals surface area contributed by atoms with Crippen molar-refractivity contribution in [2.75, 3.05) is 24.5 Å². The van der Waals surface area contributed by atoms with Gasteiger partial charge in [0.05, 0.1) is 5.41 Å². The number of anilines is 1. The van der Waals surface area contributed by atoms with E-state index in [4.69, 9.17) is 0 Å². The van der Waals surface area contributed by atoms with Gasteiger partial charge in [0.25, 0.3) is 5.91 Å². The Labute approximate surface area is 176 Å². The van der Waals surface area contributed by atoms with Gasteiger partial charge in [-0.3, -0.25) is 9.59 Å². The van der Waals surface area contributed by atoms with Crippen LogP contribution in [-0.2, 0) is 16.6 Å². The highest BCUT2D eigenvalue weighted by Gasteiger charge is 2.54. The molecule has 3 aromatic carbocycles. The van der Waals surface area contributed by atoms with Gasteiger partial charge in [-0.25, -0.2) is 0 Å². The zero-order valence-corrected chi connectivity index (χ0v) is 16.8. The van der Waals surface area contributed by atoms with Crippen molar-refractivity contribution in [3.63, 3.8) is 0 Å². The second-order valence-corrected chi connectivity index (χ2v) is 8.13. The maximum absolute atomic E-state index is 13.7. The quantitative estimate of drug-likeness (QED) is 0.667. The first-order chi connectivity index (χ1) is 14.7. The van der Waals surface area contributed by atoms with Crippen LogP contribution in [0.1, 0.15) is 27.9 Å². The Morgan fingerprint density at radius 2 is 1.53 bits per heavy atom. The Balaban J connectivity index is 1.42. The first-order valence-electron chi connectivity index (χ1n) is 10.5. The fraction of sp³-hybridized carbons (Fsp3) is 0.231. The Hall–Kier alpha value is -3.40. The number of hydrogen-bond acceptors (Lipinski definition) is 2. The molecule has 150 valence electrons. The molecule has 3 aromatic rings. The van der Waals surface area contributed by atoms with E-state index in [0.717, 1.165) is 17.7 Å². The summed E-state index contributed by atoms with van der Waals surface area (Å²) in [7, 11) is 0. The van der Waals surface area contributed by atoms with Gasteiger partial charge in [-0.2, -0.15) is 0 Å². The zero-order valence-electron chi connectivity index (χ0n) is 16.8. The molecule has 0 aromatic heterocycles. The standard InChI is InChI=1S/C26H24N2O2/c29-24(21-11-5-2-6-12-21)27-18-16-26(19-27)22-13-7-8-14-23(22)28(25(26)30)17-15-20-9-3-1-4-10-20/h1-14H,15-19H2. The molecule has 2 aliphatic heterocycles. The normalized spacial score (nSPS) is 20.1. The molecule has 0 N–H and O–H groups in total. The highest BCUT2D eigenvalue weighted by atomic mass is 16.2. The molecule has 2 amide bonds. The van der Waals surface area contributed by atoms with Crippen molar-refractivity contribution in [3.05, 3.63) is 102 Å². The van der Waals surface area contributed by atoms with Crippen LogP contribution in [0.4, 0.5) is 5.69 Å². The number of hydrogen-bond donors (Lipinski definition) is 0. The average Bonchev–Trinajstić information content (AvgIpc) is 3.35. The largest absolute Gasteiger partial charge is 0.337 e. The SMILES string of the molecule is O=C(c1ccccc1)N1CCC2(C1)C(=O)N(CCc1ccccc1)c1ccccc12. The van der Waals surface area contributed by atoms with Crippen LogP contribution in [0.15, 0.2) is 84.9 Å². The Bertz CT molecular complexity index is 1080. The molecule has 0 aliphatic carbocycles. The molecule has 0 saturated carbocycles. The minimum absolute atomic E-state index is 0.000455. The summed E-state index contributed by atoms with van der Waals surface area (Å²) in [5.41, 5.74) is 3.32. The lowest BCUT2D eigenvalue weighted by Crippen LogP contribution is -2.43. The topological polar surface area (TPSA) is 40.6 Å². The third-order valence-corrected chi connectivity index (χ3v) is 6.41. The van der Waals surface area contributed by atoms with Crippen molar-refractivity contribution in [2.45, 2.75) is 18.3 Å². The molecule has 30 heavy (non-hydrogen) atoms. The summed E-state index contributed by atoms with van der Waals surface area (Å²) in [5.74, 6) is 0.128. The Kier molecular flexibility index (Phi) is 4.62. The van der Waals surface area contributed by atoms with Crippen molar-refractivity contribution in [1.29, 1.82) is 0 Å². The summed E-state index contributed by atoms with van der Waals surface area (Å²) >= 11 is 0. The van der Waals surface area contributed by atoms with E-state index >= 15 is 0 Å².